The number of alkyl carbamates (subject to hydrolysis) is 1. The zero-order chi connectivity index (χ0) is 15.0. The van der Waals surface area contributed by atoms with Gasteiger partial charge in [-0.3, -0.25) is 0 Å². The summed E-state index contributed by atoms with van der Waals surface area (Å²) in [4.78, 5) is 11.4. The van der Waals surface area contributed by atoms with E-state index < -0.39 is 5.60 Å². The average molecular weight is 281 g/mol. The Labute approximate surface area is 121 Å². The summed E-state index contributed by atoms with van der Waals surface area (Å²) in [6.07, 6.45) is 2.86. The molecule has 1 aromatic rings. The second-order valence-corrected chi connectivity index (χ2v) is 5.80. The Kier molecular flexibility index (Phi) is 6.58. The molecular weight excluding hydrogens is 254 g/mol. The van der Waals surface area contributed by atoms with Gasteiger partial charge in [-0.25, -0.2) is 4.79 Å². The third-order valence-electron chi connectivity index (χ3n) is 2.66. The summed E-state index contributed by atoms with van der Waals surface area (Å²) in [5, 5.41) is 6.04. The number of ether oxygens (including phenoxy) is 1. The van der Waals surface area contributed by atoms with E-state index in [0.717, 1.165) is 26.1 Å². The predicted molar refractivity (Wildman–Crippen MR) is 80.7 cm³/mol. The fourth-order valence-corrected chi connectivity index (χ4v) is 1.85. The van der Waals surface area contributed by atoms with Crippen LogP contribution < -0.4 is 10.6 Å². The highest BCUT2D eigenvalue weighted by Gasteiger charge is 2.15. The molecule has 1 aromatic heterocycles. The van der Waals surface area contributed by atoms with E-state index in [1.54, 1.807) is 0 Å². The third kappa shape index (κ3) is 6.61. The van der Waals surface area contributed by atoms with Crippen LogP contribution in [-0.2, 0) is 17.8 Å². The van der Waals surface area contributed by atoms with E-state index >= 15 is 0 Å². The Morgan fingerprint density at radius 3 is 2.75 bits per heavy atom. The molecule has 0 aliphatic rings. The van der Waals surface area contributed by atoms with Crippen LogP contribution in [0, 0.1) is 0 Å². The Hall–Kier alpha value is -1.49. The first-order chi connectivity index (χ1) is 9.42. The van der Waals surface area contributed by atoms with Crippen molar-refractivity contribution in [1.29, 1.82) is 0 Å². The summed E-state index contributed by atoms with van der Waals surface area (Å²) in [6.45, 7) is 10.9. The van der Waals surface area contributed by atoms with Crippen molar-refractivity contribution in [1.82, 2.24) is 15.2 Å². The Balaban J connectivity index is 2.16. The quantitative estimate of drug-likeness (QED) is 0.755. The SMILES string of the molecule is CCCn1cccc1CNCCNC(=O)OC(C)(C)C. The minimum atomic E-state index is -0.446. The Morgan fingerprint density at radius 2 is 2.10 bits per heavy atom. The van der Waals surface area contributed by atoms with Crippen molar-refractivity contribution in [2.75, 3.05) is 13.1 Å². The summed E-state index contributed by atoms with van der Waals surface area (Å²) in [5.74, 6) is 0. The fourth-order valence-electron chi connectivity index (χ4n) is 1.85. The minimum absolute atomic E-state index is 0.367. The molecule has 0 aromatic carbocycles. The number of hydrogen-bond acceptors (Lipinski definition) is 3. The van der Waals surface area contributed by atoms with Crippen LogP contribution in [-0.4, -0.2) is 29.4 Å². The molecule has 0 radical (unpaired) electrons. The number of aromatic nitrogens is 1. The average Bonchev–Trinajstić information content (AvgIpc) is 2.74. The lowest BCUT2D eigenvalue weighted by Crippen LogP contribution is -2.36. The van der Waals surface area contributed by atoms with E-state index in [1.165, 1.54) is 5.69 Å². The van der Waals surface area contributed by atoms with Crippen LogP contribution in [0.5, 0.6) is 0 Å². The van der Waals surface area contributed by atoms with Crippen molar-refractivity contribution in [3.63, 3.8) is 0 Å². The molecule has 0 aliphatic heterocycles. The zero-order valence-electron chi connectivity index (χ0n) is 13.0. The van der Waals surface area contributed by atoms with Crippen LogP contribution in [0.4, 0.5) is 4.79 Å². The molecule has 0 fully saturated rings. The molecule has 5 nitrogen and oxygen atoms in total. The number of carbonyl (C=O) groups is 1. The standard InChI is InChI=1S/C15H27N3O2/c1-5-10-18-11-6-7-13(18)12-16-8-9-17-14(19)20-15(2,3)4/h6-7,11,16H,5,8-10,12H2,1-4H3,(H,17,19). The number of carbonyl (C=O) groups excluding carboxylic acids is 1. The van der Waals surface area contributed by atoms with Gasteiger partial charge < -0.3 is 19.9 Å². The first-order valence-corrected chi connectivity index (χ1v) is 7.24. The molecule has 1 heterocycles. The van der Waals surface area contributed by atoms with Crippen LogP contribution >= 0.6 is 0 Å². The number of hydrogen-bond donors (Lipinski definition) is 2. The molecule has 5 heteroatoms. The summed E-state index contributed by atoms with van der Waals surface area (Å²) >= 11 is 0. The molecule has 0 unspecified atom stereocenters. The van der Waals surface area contributed by atoms with Gasteiger partial charge in [0.25, 0.3) is 0 Å². The van der Waals surface area contributed by atoms with Gasteiger partial charge in [0.2, 0.25) is 0 Å². The summed E-state index contributed by atoms with van der Waals surface area (Å²) in [7, 11) is 0. The van der Waals surface area contributed by atoms with Crippen molar-refractivity contribution in [2.45, 2.75) is 52.8 Å². The highest BCUT2D eigenvalue weighted by atomic mass is 16.6. The van der Waals surface area contributed by atoms with Gasteiger partial charge >= 0.3 is 6.09 Å². The molecule has 114 valence electrons. The van der Waals surface area contributed by atoms with E-state index in [9.17, 15) is 4.79 Å². The van der Waals surface area contributed by atoms with E-state index in [4.69, 9.17) is 4.74 Å². The smallest absolute Gasteiger partial charge is 0.407 e. The largest absolute Gasteiger partial charge is 0.444 e. The number of rotatable bonds is 7. The minimum Gasteiger partial charge on any atom is -0.444 e. The van der Waals surface area contributed by atoms with Gasteiger partial charge in [-0.05, 0) is 39.3 Å². The van der Waals surface area contributed by atoms with Crippen LogP contribution in [0.1, 0.15) is 39.8 Å². The molecule has 1 amide bonds. The molecule has 0 saturated carbocycles. The van der Waals surface area contributed by atoms with Gasteiger partial charge in [0.15, 0.2) is 0 Å². The van der Waals surface area contributed by atoms with E-state index in [1.807, 2.05) is 20.8 Å². The van der Waals surface area contributed by atoms with Crippen LogP contribution in [0.3, 0.4) is 0 Å². The van der Waals surface area contributed by atoms with Crippen LogP contribution in [0.15, 0.2) is 18.3 Å². The maximum atomic E-state index is 11.4. The lowest BCUT2D eigenvalue weighted by atomic mass is 10.2. The lowest BCUT2D eigenvalue weighted by molar-refractivity contribution is 0.0528. The summed E-state index contributed by atoms with van der Waals surface area (Å²) in [6, 6.07) is 4.18. The molecule has 0 atom stereocenters. The highest BCUT2D eigenvalue weighted by Crippen LogP contribution is 2.06. The van der Waals surface area contributed by atoms with Crippen molar-refractivity contribution in [3.05, 3.63) is 24.0 Å². The predicted octanol–water partition coefficient (Wildman–Crippen LogP) is 2.51. The van der Waals surface area contributed by atoms with Gasteiger partial charge in [-0.15, -0.1) is 0 Å². The molecule has 20 heavy (non-hydrogen) atoms. The fraction of sp³-hybridized carbons (Fsp3) is 0.667. The molecule has 0 aliphatic carbocycles. The van der Waals surface area contributed by atoms with Crippen molar-refractivity contribution < 1.29 is 9.53 Å². The molecule has 0 saturated heterocycles. The van der Waals surface area contributed by atoms with Crippen molar-refractivity contribution in [3.8, 4) is 0 Å². The number of amides is 1. The highest BCUT2D eigenvalue weighted by molar-refractivity contribution is 5.67. The maximum absolute atomic E-state index is 11.4. The summed E-state index contributed by atoms with van der Waals surface area (Å²) in [5.41, 5.74) is 0.822. The second-order valence-electron chi connectivity index (χ2n) is 5.80. The second kappa shape index (κ2) is 7.94. The molecule has 1 rings (SSSR count). The number of aryl methyl sites for hydroxylation is 1. The number of nitrogens with one attached hydrogen (secondary N) is 2. The van der Waals surface area contributed by atoms with Crippen LogP contribution in [0.25, 0.3) is 0 Å². The topological polar surface area (TPSA) is 55.3 Å². The third-order valence-corrected chi connectivity index (χ3v) is 2.66. The number of nitrogens with zero attached hydrogens (tertiary/aromatic N) is 1. The summed E-state index contributed by atoms with van der Waals surface area (Å²) < 4.78 is 7.40. The van der Waals surface area contributed by atoms with Crippen molar-refractivity contribution in [2.24, 2.45) is 0 Å². The van der Waals surface area contributed by atoms with Gasteiger partial charge in [0.1, 0.15) is 5.60 Å². The lowest BCUT2D eigenvalue weighted by Gasteiger charge is -2.19. The maximum Gasteiger partial charge on any atom is 0.407 e. The zero-order valence-corrected chi connectivity index (χ0v) is 13.0. The Bertz CT molecular complexity index is 407. The Morgan fingerprint density at radius 1 is 1.35 bits per heavy atom. The van der Waals surface area contributed by atoms with Crippen LogP contribution in [0.2, 0.25) is 0 Å². The molecule has 0 bridgehead atoms. The monoisotopic (exact) mass is 281 g/mol. The first kappa shape index (κ1) is 16.6. The van der Waals surface area contributed by atoms with E-state index in [-0.39, 0.29) is 6.09 Å². The van der Waals surface area contributed by atoms with Gasteiger partial charge in [0.05, 0.1) is 0 Å². The molecule has 0 spiro atoms. The first-order valence-electron chi connectivity index (χ1n) is 7.24. The van der Waals surface area contributed by atoms with Crippen molar-refractivity contribution >= 4 is 6.09 Å². The van der Waals surface area contributed by atoms with Gasteiger partial charge in [0, 0.05) is 38.1 Å². The normalized spacial score (nSPS) is 11.4. The molecular formula is C15H27N3O2. The molecule has 2 N–H and O–H groups in total. The van der Waals surface area contributed by atoms with Gasteiger partial charge in [-0.2, -0.15) is 0 Å². The van der Waals surface area contributed by atoms with Gasteiger partial charge in [-0.1, -0.05) is 6.92 Å². The van der Waals surface area contributed by atoms with E-state index in [0.29, 0.717) is 6.54 Å². The van der Waals surface area contributed by atoms with E-state index in [2.05, 4.69) is 40.5 Å².